The third-order valence-corrected chi connectivity index (χ3v) is 2.99. The number of carboxylic acid groups (broad SMARTS) is 1. The zero-order chi connectivity index (χ0) is 14.0. The first-order valence-electron chi connectivity index (χ1n) is 6.75. The predicted molar refractivity (Wildman–Crippen MR) is 71.6 cm³/mol. The summed E-state index contributed by atoms with van der Waals surface area (Å²) in [6.45, 7) is 8.22. The Balaban J connectivity index is 3.80. The molecule has 0 aromatic heterocycles. The summed E-state index contributed by atoms with van der Waals surface area (Å²) in [7, 11) is 0. The number of unbranched alkanes of at least 4 members (excludes halogenated alkanes) is 1. The van der Waals surface area contributed by atoms with Crippen molar-refractivity contribution in [2.24, 2.45) is 5.92 Å². The van der Waals surface area contributed by atoms with Crippen molar-refractivity contribution >= 4 is 12.0 Å². The van der Waals surface area contributed by atoms with Gasteiger partial charge < -0.3 is 15.3 Å². The van der Waals surface area contributed by atoms with Crippen LogP contribution in [-0.4, -0.2) is 41.6 Å². The van der Waals surface area contributed by atoms with Gasteiger partial charge in [0, 0.05) is 26.1 Å². The number of aliphatic carboxylic acids is 1. The zero-order valence-electron chi connectivity index (χ0n) is 11.7. The fraction of sp³-hybridized carbons (Fsp3) is 0.846. The molecule has 0 rings (SSSR count). The SMILES string of the molecule is CCC(C)CN(CC)C(=O)NCCCCC(=O)O. The van der Waals surface area contributed by atoms with Crippen LogP contribution < -0.4 is 5.32 Å². The maximum Gasteiger partial charge on any atom is 0.317 e. The second-order valence-electron chi connectivity index (χ2n) is 4.63. The van der Waals surface area contributed by atoms with Crippen molar-refractivity contribution in [3.05, 3.63) is 0 Å². The molecule has 0 aliphatic heterocycles. The number of nitrogens with zero attached hydrogens (tertiary/aromatic N) is 1. The highest BCUT2D eigenvalue weighted by molar-refractivity contribution is 5.74. The molecule has 0 spiro atoms. The Morgan fingerprint density at radius 1 is 1.28 bits per heavy atom. The lowest BCUT2D eigenvalue weighted by atomic mass is 10.1. The van der Waals surface area contributed by atoms with Gasteiger partial charge in [0.2, 0.25) is 0 Å². The first kappa shape index (κ1) is 16.7. The van der Waals surface area contributed by atoms with Crippen LogP contribution in [0.15, 0.2) is 0 Å². The molecule has 0 aliphatic carbocycles. The van der Waals surface area contributed by atoms with Crippen LogP contribution in [0, 0.1) is 5.92 Å². The number of carboxylic acids is 1. The summed E-state index contributed by atoms with van der Waals surface area (Å²) < 4.78 is 0. The van der Waals surface area contributed by atoms with Crippen LogP contribution in [0.4, 0.5) is 4.79 Å². The Hall–Kier alpha value is -1.26. The molecule has 18 heavy (non-hydrogen) atoms. The number of carbonyl (C=O) groups is 2. The fourth-order valence-electron chi connectivity index (χ4n) is 1.57. The molecule has 5 nitrogen and oxygen atoms in total. The topological polar surface area (TPSA) is 69.6 Å². The smallest absolute Gasteiger partial charge is 0.317 e. The highest BCUT2D eigenvalue weighted by Crippen LogP contribution is 2.04. The second kappa shape index (κ2) is 9.74. The number of nitrogens with one attached hydrogen (secondary N) is 1. The summed E-state index contributed by atoms with van der Waals surface area (Å²) in [5.74, 6) is -0.281. The van der Waals surface area contributed by atoms with Gasteiger partial charge in [0.15, 0.2) is 0 Å². The molecule has 106 valence electrons. The van der Waals surface area contributed by atoms with E-state index in [2.05, 4.69) is 19.2 Å². The minimum Gasteiger partial charge on any atom is -0.481 e. The van der Waals surface area contributed by atoms with E-state index in [4.69, 9.17) is 5.11 Å². The van der Waals surface area contributed by atoms with E-state index >= 15 is 0 Å². The summed E-state index contributed by atoms with van der Waals surface area (Å²) in [5, 5.41) is 11.3. The van der Waals surface area contributed by atoms with Gasteiger partial charge in [-0.05, 0) is 25.7 Å². The van der Waals surface area contributed by atoms with Gasteiger partial charge in [0.05, 0.1) is 0 Å². The van der Waals surface area contributed by atoms with Crippen LogP contribution in [0.25, 0.3) is 0 Å². The lowest BCUT2D eigenvalue weighted by Crippen LogP contribution is -2.42. The van der Waals surface area contributed by atoms with Gasteiger partial charge in [-0.1, -0.05) is 20.3 Å². The van der Waals surface area contributed by atoms with Crippen molar-refractivity contribution in [2.45, 2.75) is 46.5 Å². The van der Waals surface area contributed by atoms with Gasteiger partial charge in [-0.25, -0.2) is 4.79 Å². The number of rotatable bonds is 9. The minimum atomic E-state index is -0.784. The number of amides is 2. The molecule has 0 radical (unpaired) electrons. The van der Waals surface area contributed by atoms with E-state index in [0.29, 0.717) is 31.8 Å². The van der Waals surface area contributed by atoms with Crippen molar-refractivity contribution in [2.75, 3.05) is 19.6 Å². The van der Waals surface area contributed by atoms with Crippen LogP contribution in [0.3, 0.4) is 0 Å². The summed E-state index contributed by atoms with van der Waals surface area (Å²) in [6, 6.07) is -0.0480. The van der Waals surface area contributed by atoms with Crippen molar-refractivity contribution in [3.63, 3.8) is 0 Å². The molecule has 1 unspecified atom stereocenters. The van der Waals surface area contributed by atoms with Gasteiger partial charge in [0.25, 0.3) is 0 Å². The number of urea groups is 1. The van der Waals surface area contributed by atoms with Crippen molar-refractivity contribution in [3.8, 4) is 0 Å². The second-order valence-corrected chi connectivity index (χ2v) is 4.63. The average Bonchev–Trinajstić information content (AvgIpc) is 2.34. The van der Waals surface area contributed by atoms with Gasteiger partial charge in [-0.2, -0.15) is 0 Å². The van der Waals surface area contributed by atoms with E-state index in [-0.39, 0.29) is 12.5 Å². The molecule has 0 aromatic rings. The molecule has 0 aromatic carbocycles. The Morgan fingerprint density at radius 3 is 2.44 bits per heavy atom. The first-order chi connectivity index (χ1) is 8.51. The molecule has 0 heterocycles. The Bertz CT molecular complexity index is 257. The molecule has 5 heteroatoms. The van der Waals surface area contributed by atoms with E-state index in [1.54, 1.807) is 4.90 Å². The summed E-state index contributed by atoms with van der Waals surface area (Å²) >= 11 is 0. The average molecular weight is 258 g/mol. The highest BCUT2D eigenvalue weighted by Gasteiger charge is 2.13. The molecule has 0 saturated heterocycles. The zero-order valence-corrected chi connectivity index (χ0v) is 11.7. The van der Waals surface area contributed by atoms with Gasteiger partial charge >= 0.3 is 12.0 Å². The Labute approximate surface area is 110 Å². The first-order valence-corrected chi connectivity index (χ1v) is 6.75. The monoisotopic (exact) mass is 258 g/mol. The highest BCUT2D eigenvalue weighted by atomic mass is 16.4. The molecule has 0 saturated carbocycles. The summed E-state index contributed by atoms with van der Waals surface area (Å²) in [6.07, 6.45) is 2.54. The quantitative estimate of drug-likeness (QED) is 0.623. The van der Waals surface area contributed by atoms with E-state index in [1.807, 2.05) is 6.92 Å². The lowest BCUT2D eigenvalue weighted by Gasteiger charge is -2.24. The molecule has 2 amide bonds. The van der Waals surface area contributed by atoms with E-state index < -0.39 is 5.97 Å². The molecule has 1 atom stereocenters. The van der Waals surface area contributed by atoms with Crippen molar-refractivity contribution in [1.82, 2.24) is 10.2 Å². The number of carbonyl (C=O) groups excluding carboxylic acids is 1. The third-order valence-electron chi connectivity index (χ3n) is 2.99. The largest absolute Gasteiger partial charge is 0.481 e. The normalized spacial score (nSPS) is 11.9. The minimum absolute atomic E-state index is 0.0480. The lowest BCUT2D eigenvalue weighted by molar-refractivity contribution is -0.137. The fourth-order valence-corrected chi connectivity index (χ4v) is 1.57. The molecule has 0 aliphatic rings. The maximum atomic E-state index is 11.8. The van der Waals surface area contributed by atoms with E-state index in [1.165, 1.54) is 0 Å². The summed E-state index contributed by atoms with van der Waals surface area (Å²) in [5.41, 5.74) is 0. The molecular formula is C13H26N2O3. The Morgan fingerprint density at radius 2 is 1.94 bits per heavy atom. The third kappa shape index (κ3) is 7.92. The van der Waals surface area contributed by atoms with Crippen molar-refractivity contribution < 1.29 is 14.7 Å². The predicted octanol–water partition coefficient (Wildman–Crippen LogP) is 2.32. The standard InChI is InChI=1S/C13H26N2O3/c1-4-11(3)10-15(5-2)13(18)14-9-7-6-8-12(16)17/h11H,4-10H2,1-3H3,(H,14,18)(H,16,17). The molecule has 2 N–H and O–H groups in total. The van der Waals surface area contributed by atoms with Crippen molar-refractivity contribution in [1.29, 1.82) is 0 Å². The number of hydrogen-bond acceptors (Lipinski definition) is 2. The molecular weight excluding hydrogens is 232 g/mol. The van der Waals surface area contributed by atoms with Crippen LogP contribution in [-0.2, 0) is 4.79 Å². The maximum absolute atomic E-state index is 11.8. The Kier molecular flexibility index (Phi) is 9.06. The van der Waals surface area contributed by atoms with Gasteiger partial charge in [-0.15, -0.1) is 0 Å². The molecule has 0 fully saturated rings. The van der Waals surface area contributed by atoms with E-state index in [9.17, 15) is 9.59 Å². The van der Waals surface area contributed by atoms with Crippen LogP contribution >= 0.6 is 0 Å². The van der Waals surface area contributed by atoms with Gasteiger partial charge in [-0.3, -0.25) is 4.79 Å². The summed E-state index contributed by atoms with van der Waals surface area (Å²) in [4.78, 5) is 23.9. The van der Waals surface area contributed by atoms with Gasteiger partial charge in [0.1, 0.15) is 0 Å². The van der Waals surface area contributed by atoms with Crippen LogP contribution in [0.1, 0.15) is 46.5 Å². The molecule has 0 bridgehead atoms. The van der Waals surface area contributed by atoms with Crippen LogP contribution in [0.2, 0.25) is 0 Å². The van der Waals surface area contributed by atoms with E-state index in [0.717, 1.165) is 13.0 Å². The number of hydrogen-bond donors (Lipinski definition) is 2. The van der Waals surface area contributed by atoms with Crippen LogP contribution in [0.5, 0.6) is 0 Å².